The minimum atomic E-state index is -0.575. The van der Waals surface area contributed by atoms with Crippen LogP contribution in [-0.4, -0.2) is 23.4 Å². The Balaban J connectivity index is 2.33. The third-order valence-corrected chi connectivity index (χ3v) is 3.39. The molecule has 0 amide bonds. The lowest BCUT2D eigenvalue weighted by molar-refractivity contribution is 0.393. The Kier molecular flexibility index (Phi) is 4.90. The van der Waals surface area contributed by atoms with Crippen molar-refractivity contribution >= 4 is 0 Å². The summed E-state index contributed by atoms with van der Waals surface area (Å²) < 4.78 is 33.9. The molecule has 1 aromatic carbocycles. The third kappa shape index (κ3) is 3.39. The Labute approximate surface area is 122 Å². The van der Waals surface area contributed by atoms with E-state index in [0.717, 1.165) is 11.8 Å². The molecule has 1 aromatic heterocycles. The van der Waals surface area contributed by atoms with Crippen molar-refractivity contribution in [1.82, 2.24) is 15.1 Å². The van der Waals surface area contributed by atoms with Gasteiger partial charge in [0.05, 0.1) is 25.0 Å². The number of aryl methyl sites for hydroxylation is 1. The minimum absolute atomic E-state index is 0.169. The van der Waals surface area contributed by atoms with E-state index >= 15 is 0 Å². The molecule has 1 heterocycles. The molecule has 0 saturated carbocycles. The summed E-state index contributed by atoms with van der Waals surface area (Å²) in [7, 11) is 3.38. The summed E-state index contributed by atoms with van der Waals surface area (Å²) in [5.74, 6) is -0.473. The van der Waals surface area contributed by atoms with Crippen LogP contribution in [0.5, 0.6) is 5.75 Å². The maximum atomic E-state index is 13.9. The first-order chi connectivity index (χ1) is 10.1. The van der Waals surface area contributed by atoms with Crippen molar-refractivity contribution < 1.29 is 13.5 Å². The van der Waals surface area contributed by atoms with Crippen molar-refractivity contribution in [2.45, 2.75) is 19.4 Å². The maximum absolute atomic E-state index is 13.9. The highest BCUT2D eigenvalue weighted by Gasteiger charge is 2.21. The monoisotopic (exact) mass is 295 g/mol. The number of hydrogen-bond acceptors (Lipinski definition) is 3. The molecule has 0 fully saturated rings. The van der Waals surface area contributed by atoms with Gasteiger partial charge in [-0.05, 0) is 24.6 Å². The average molecular weight is 295 g/mol. The molecule has 0 spiro atoms. The first kappa shape index (κ1) is 15.4. The predicted molar refractivity (Wildman–Crippen MR) is 76.2 cm³/mol. The number of nitrogens with one attached hydrogen (secondary N) is 1. The summed E-state index contributed by atoms with van der Waals surface area (Å²) in [6, 6.07) is 3.47. The lowest BCUT2D eigenvalue weighted by atomic mass is 10.0. The third-order valence-electron chi connectivity index (χ3n) is 3.39. The topological polar surface area (TPSA) is 39.1 Å². The van der Waals surface area contributed by atoms with Gasteiger partial charge in [0.25, 0.3) is 0 Å². The molecule has 0 saturated heterocycles. The smallest absolute Gasteiger partial charge is 0.161 e. The second-order valence-electron chi connectivity index (χ2n) is 4.77. The van der Waals surface area contributed by atoms with Crippen LogP contribution in [0.15, 0.2) is 24.4 Å². The Hall–Kier alpha value is -1.95. The zero-order valence-corrected chi connectivity index (χ0v) is 12.4. The molecule has 0 radical (unpaired) electrons. The number of likely N-dealkylation sites (N-methyl/N-ethyl adjacent to an activating group) is 1. The molecule has 0 aliphatic carbocycles. The van der Waals surface area contributed by atoms with Gasteiger partial charge in [-0.1, -0.05) is 13.0 Å². The summed E-state index contributed by atoms with van der Waals surface area (Å²) in [6.07, 6.45) is 2.01. The van der Waals surface area contributed by atoms with Gasteiger partial charge in [-0.3, -0.25) is 4.68 Å². The maximum Gasteiger partial charge on any atom is 0.161 e. The fourth-order valence-corrected chi connectivity index (χ4v) is 2.40. The normalized spacial score (nSPS) is 12.4. The van der Waals surface area contributed by atoms with Crippen LogP contribution in [-0.2, 0) is 13.5 Å². The summed E-state index contributed by atoms with van der Waals surface area (Å²) in [4.78, 5) is 0. The van der Waals surface area contributed by atoms with Crippen molar-refractivity contribution in [3.63, 3.8) is 0 Å². The molecule has 114 valence electrons. The number of nitrogens with zero attached hydrogens (tertiary/aromatic N) is 2. The molecule has 0 aliphatic heterocycles. The van der Waals surface area contributed by atoms with E-state index in [2.05, 4.69) is 10.4 Å². The van der Waals surface area contributed by atoms with Crippen LogP contribution in [0, 0.1) is 11.6 Å². The SMILES string of the molecule is CCNC(Cc1ccc(F)cc1F)c1c(OC)cnn1C. The van der Waals surface area contributed by atoms with Gasteiger partial charge in [0.15, 0.2) is 5.75 Å². The summed E-state index contributed by atoms with van der Waals surface area (Å²) in [5, 5.41) is 7.46. The highest BCUT2D eigenvalue weighted by molar-refractivity contribution is 5.30. The van der Waals surface area contributed by atoms with Gasteiger partial charge in [0.1, 0.15) is 11.6 Å². The Bertz CT molecular complexity index is 613. The zero-order chi connectivity index (χ0) is 15.4. The lowest BCUT2D eigenvalue weighted by Gasteiger charge is -2.20. The molecule has 4 nitrogen and oxygen atoms in total. The van der Waals surface area contributed by atoms with E-state index in [1.54, 1.807) is 18.0 Å². The average Bonchev–Trinajstić information content (AvgIpc) is 2.82. The van der Waals surface area contributed by atoms with Crippen molar-refractivity contribution in [3.8, 4) is 5.75 Å². The van der Waals surface area contributed by atoms with Crippen LogP contribution in [0.3, 0.4) is 0 Å². The van der Waals surface area contributed by atoms with Crippen molar-refractivity contribution in [1.29, 1.82) is 0 Å². The van der Waals surface area contributed by atoms with Gasteiger partial charge in [0, 0.05) is 13.1 Å². The Morgan fingerprint density at radius 2 is 2.14 bits per heavy atom. The van der Waals surface area contributed by atoms with E-state index in [9.17, 15) is 8.78 Å². The number of aromatic nitrogens is 2. The molecular weight excluding hydrogens is 276 g/mol. The number of rotatable bonds is 6. The van der Waals surface area contributed by atoms with Crippen LogP contribution in [0.25, 0.3) is 0 Å². The van der Waals surface area contributed by atoms with Crippen LogP contribution in [0.1, 0.15) is 24.2 Å². The number of halogens is 2. The molecular formula is C15H19F2N3O. The summed E-state index contributed by atoms with van der Waals surface area (Å²) in [5.41, 5.74) is 1.29. The van der Waals surface area contributed by atoms with E-state index in [1.165, 1.54) is 12.1 Å². The van der Waals surface area contributed by atoms with Crippen LogP contribution in [0.4, 0.5) is 8.78 Å². The second-order valence-corrected chi connectivity index (χ2v) is 4.77. The number of ether oxygens (including phenoxy) is 1. The molecule has 1 N–H and O–H groups in total. The van der Waals surface area contributed by atoms with E-state index < -0.39 is 11.6 Å². The number of methoxy groups -OCH3 is 1. The second kappa shape index (κ2) is 6.67. The van der Waals surface area contributed by atoms with E-state index in [0.29, 0.717) is 24.3 Å². The van der Waals surface area contributed by atoms with Gasteiger partial charge >= 0.3 is 0 Å². The van der Waals surface area contributed by atoms with Crippen molar-refractivity contribution in [2.75, 3.05) is 13.7 Å². The highest BCUT2D eigenvalue weighted by atomic mass is 19.1. The summed E-state index contributed by atoms with van der Waals surface area (Å²) >= 11 is 0. The lowest BCUT2D eigenvalue weighted by Crippen LogP contribution is -2.26. The molecule has 2 rings (SSSR count). The molecule has 1 atom stereocenters. The first-order valence-electron chi connectivity index (χ1n) is 6.80. The molecule has 21 heavy (non-hydrogen) atoms. The minimum Gasteiger partial charge on any atom is -0.493 e. The molecule has 0 aliphatic rings. The van der Waals surface area contributed by atoms with Crippen LogP contribution >= 0.6 is 0 Å². The molecule has 6 heteroatoms. The Morgan fingerprint density at radius 3 is 2.76 bits per heavy atom. The molecule has 1 unspecified atom stereocenters. The highest BCUT2D eigenvalue weighted by Crippen LogP contribution is 2.27. The van der Waals surface area contributed by atoms with Crippen molar-refractivity contribution in [2.24, 2.45) is 7.05 Å². The van der Waals surface area contributed by atoms with Crippen LogP contribution < -0.4 is 10.1 Å². The van der Waals surface area contributed by atoms with E-state index in [4.69, 9.17) is 4.74 Å². The Morgan fingerprint density at radius 1 is 1.38 bits per heavy atom. The number of benzene rings is 1. The van der Waals surface area contributed by atoms with Gasteiger partial charge in [-0.15, -0.1) is 0 Å². The fraction of sp³-hybridized carbons (Fsp3) is 0.400. The largest absolute Gasteiger partial charge is 0.493 e. The van der Waals surface area contributed by atoms with E-state index in [-0.39, 0.29) is 6.04 Å². The fourth-order valence-electron chi connectivity index (χ4n) is 2.40. The molecule has 0 bridgehead atoms. The number of hydrogen-bond donors (Lipinski definition) is 1. The van der Waals surface area contributed by atoms with Gasteiger partial charge in [-0.25, -0.2) is 8.78 Å². The van der Waals surface area contributed by atoms with Gasteiger partial charge < -0.3 is 10.1 Å². The van der Waals surface area contributed by atoms with Crippen molar-refractivity contribution in [3.05, 3.63) is 47.3 Å². The molecule has 2 aromatic rings. The standard InChI is InChI=1S/C15H19F2N3O/c1-4-18-13(15-14(21-3)9-19-20(15)2)7-10-5-6-11(16)8-12(10)17/h5-6,8-9,13,18H,4,7H2,1-3H3. The predicted octanol–water partition coefficient (Wildman–Crippen LogP) is 2.60. The van der Waals surface area contributed by atoms with Crippen LogP contribution in [0.2, 0.25) is 0 Å². The first-order valence-corrected chi connectivity index (χ1v) is 6.80. The zero-order valence-electron chi connectivity index (χ0n) is 12.4. The van der Waals surface area contributed by atoms with Gasteiger partial charge in [0.2, 0.25) is 0 Å². The van der Waals surface area contributed by atoms with E-state index in [1.807, 2.05) is 14.0 Å². The quantitative estimate of drug-likeness (QED) is 0.890. The van der Waals surface area contributed by atoms with Gasteiger partial charge in [-0.2, -0.15) is 5.10 Å². The summed E-state index contributed by atoms with van der Waals surface area (Å²) in [6.45, 7) is 2.68.